The highest BCUT2D eigenvalue weighted by atomic mass is 32.1. The van der Waals surface area contributed by atoms with E-state index in [0.29, 0.717) is 5.56 Å². The maximum absolute atomic E-state index is 12.6. The number of pyridine rings is 1. The second-order valence-electron chi connectivity index (χ2n) is 5.60. The lowest BCUT2D eigenvalue weighted by atomic mass is 10.1. The number of halogens is 3. The van der Waals surface area contributed by atoms with Crippen LogP contribution < -0.4 is 5.32 Å². The lowest BCUT2D eigenvalue weighted by Crippen LogP contribution is -2.38. The summed E-state index contributed by atoms with van der Waals surface area (Å²) in [5.41, 5.74) is -0.744. The molecule has 0 saturated carbocycles. The first-order valence-electron chi connectivity index (χ1n) is 5.98. The summed E-state index contributed by atoms with van der Waals surface area (Å²) in [7, 11) is 0. The van der Waals surface area contributed by atoms with E-state index in [9.17, 15) is 18.3 Å². The fourth-order valence-electron chi connectivity index (χ4n) is 1.52. The van der Waals surface area contributed by atoms with Gasteiger partial charge in [-0.3, -0.25) is 0 Å². The van der Waals surface area contributed by atoms with E-state index < -0.39 is 18.0 Å². The van der Waals surface area contributed by atoms with Crippen LogP contribution in [0, 0.1) is 6.92 Å². The van der Waals surface area contributed by atoms with E-state index in [1.54, 1.807) is 6.92 Å². The first-order chi connectivity index (χ1) is 8.49. The van der Waals surface area contributed by atoms with Crippen LogP contribution in [-0.2, 0) is 6.18 Å². The zero-order valence-electron chi connectivity index (χ0n) is 12.0. The molecule has 0 spiro atoms. The summed E-state index contributed by atoms with van der Waals surface area (Å²) >= 11 is 0. The molecule has 0 fully saturated rings. The fourth-order valence-corrected chi connectivity index (χ4v) is 1.52. The van der Waals surface area contributed by atoms with Crippen LogP contribution in [0.25, 0.3) is 0 Å². The third-order valence-electron chi connectivity index (χ3n) is 2.45. The van der Waals surface area contributed by atoms with Gasteiger partial charge in [-0.2, -0.15) is 26.7 Å². The number of nitrogens with one attached hydrogen (secondary N) is 1. The zero-order chi connectivity index (χ0) is 14.8. The summed E-state index contributed by atoms with van der Waals surface area (Å²) in [6.45, 7) is 7.42. The molecule has 0 aliphatic rings. The van der Waals surface area contributed by atoms with Crippen LogP contribution >= 0.6 is 13.5 Å². The number of nitrogens with zero attached hydrogens (tertiary/aromatic N) is 1. The predicted molar refractivity (Wildman–Crippen MR) is 77.1 cm³/mol. The molecule has 7 heteroatoms. The summed E-state index contributed by atoms with van der Waals surface area (Å²) in [5, 5.41) is 12.9. The van der Waals surface area contributed by atoms with Gasteiger partial charge in [0.15, 0.2) is 0 Å². The predicted octanol–water partition coefficient (Wildman–Crippen LogP) is 2.94. The Morgan fingerprint density at radius 2 is 1.80 bits per heavy atom. The number of aromatic nitrogens is 1. The Kier molecular flexibility index (Phi) is 6.51. The molecule has 1 heterocycles. The molecule has 0 saturated heterocycles. The van der Waals surface area contributed by atoms with Crippen molar-refractivity contribution in [1.29, 1.82) is 0 Å². The Morgan fingerprint density at radius 1 is 1.25 bits per heavy atom. The van der Waals surface area contributed by atoms with Gasteiger partial charge in [-0.15, -0.1) is 0 Å². The molecule has 0 aliphatic carbocycles. The number of alkyl halides is 3. The Morgan fingerprint density at radius 3 is 2.25 bits per heavy atom. The van der Waals surface area contributed by atoms with Gasteiger partial charge in [0.25, 0.3) is 0 Å². The molecule has 0 amide bonds. The van der Waals surface area contributed by atoms with Gasteiger partial charge in [-0.05, 0) is 45.4 Å². The van der Waals surface area contributed by atoms with E-state index in [2.05, 4.69) is 10.3 Å². The molecule has 0 aliphatic heterocycles. The third-order valence-corrected chi connectivity index (χ3v) is 2.45. The van der Waals surface area contributed by atoms with E-state index in [4.69, 9.17) is 0 Å². The maximum Gasteiger partial charge on any atom is 0.433 e. The summed E-state index contributed by atoms with van der Waals surface area (Å²) in [4.78, 5) is 3.49. The molecule has 3 nitrogen and oxygen atoms in total. The molecular formula is C13H21F3N2OS. The number of aryl methyl sites for hydroxylation is 1. The normalized spacial score (nSPS) is 13.8. The number of rotatable bonds is 3. The van der Waals surface area contributed by atoms with Crippen molar-refractivity contribution in [2.24, 2.45) is 0 Å². The molecule has 1 aromatic heterocycles. The minimum atomic E-state index is -4.50. The molecule has 1 rings (SSSR count). The maximum atomic E-state index is 12.6. The lowest BCUT2D eigenvalue weighted by molar-refractivity contribution is -0.141. The van der Waals surface area contributed by atoms with Gasteiger partial charge in [0.1, 0.15) is 11.8 Å². The van der Waals surface area contributed by atoms with Gasteiger partial charge in [-0.25, -0.2) is 4.98 Å². The van der Waals surface area contributed by atoms with E-state index in [1.807, 2.05) is 20.8 Å². The Bertz CT molecular complexity index is 444. The summed E-state index contributed by atoms with van der Waals surface area (Å²) in [6, 6.07) is 2.43. The van der Waals surface area contributed by atoms with Crippen LogP contribution in [0.15, 0.2) is 12.1 Å². The van der Waals surface area contributed by atoms with Crippen molar-refractivity contribution in [3.63, 3.8) is 0 Å². The van der Waals surface area contributed by atoms with Gasteiger partial charge < -0.3 is 10.4 Å². The highest BCUT2D eigenvalue weighted by Crippen LogP contribution is 2.29. The number of hydrogen-bond acceptors (Lipinski definition) is 3. The number of aliphatic hydroxyl groups excluding tert-OH is 1. The Balaban J connectivity index is 0.00000361. The lowest BCUT2D eigenvalue weighted by Gasteiger charge is -2.23. The van der Waals surface area contributed by atoms with Crippen LogP contribution in [0.3, 0.4) is 0 Å². The fraction of sp³-hybridized carbons (Fsp3) is 0.615. The van der Waals surface area contributed by atoms with E-state index in [0.717, 1.165) is 6.07 Å². The topological polar surface area (TPSA) is 45.1 Å². The summed E-state index contributed by atoms with van der Waals surface area (Å²) in [6.07, 6.45) is -5.57. The summed E-state index contributed by atoms with van der Waals surface area (Å²) in [5.74, 6) is 0. The number of β-amino-alcohol motifs (C(OH)–C–C–N with tert-alkyl or cyclic N) is 1. The van der Waals surface area contributed by atoms with Crippen molar-refractivity contribution < 1.29 is 18.3 Å². The zero-order valence-corrected chi connectivity index (χ0v) is 13.0. The van der Waals surface area contributed by atoms with Gasteiger partial charge in [0, 0.05) is 12.1 Å². The van der Waals surface area contributed by atoms with Crippen LogP contribution in [0.4, 0.5) is 13.2 Å². The van der Waals surface area contributed by atoms with Crippen LogP contribution in [0.2, 0.25) is 0 Å². The third kappa shape index (κ3) is 6.11. The SMILES string of the molecule is Cc1cc([C@@H](O)CNC(C)(C)C)nc(C(F)(F)F)c1.S. The second kappa shape index (κ2) is 6.78. The Hall–Kier alpha value is -0.790. The molecule has 1 aromatic rings. The average molecular weight is 310 g/mol. The van der Waals surface area contributed by atoms with Crippen molar-refractivity contribution >= 4 is 13.5 Å². The van der Waals surface area contributed by atoms with Gasteiger partial charge >= 0.3 is 6.18 Å². The minimum absolute atomic E-state index is 0. The molecule has 116 valence electrons. The molecule has 20 heavy (non-hydrogen) atoms. The Labute approximate surface area is 124 Å². The molecule has 2 N–H and O–H groups in total. The molecule has 0 radical (unpaired) electrons. The monoisotopic (exact) mass is 310 g/mol. The van der Waals surface area contributed by atoms with Crippen LogP contribution in [-0.4, -0.2) is 22.2 Å². The second-order valence-corrected chi connectivity index (χ2v) is 5.60. The van der Waals surface area contributed by atoms with Gasteiger partial charge in [-0.1, -0.05) is 0 Å². The van der Waals surface area contributed by atoms with Crippen LogP contribution in [0.5, 0.6) is 0 Å². The number of hydrogen-bond donors (Lipinski definition) is 2. The first-order valence-corrected chi connectivity index (χ1v) is 5.98. The average Bonchev–Trinajstić information content (AvgIpc) is 2.22. The van der Waals surface area contributed by atoms with E-state index in [1.165, 1.54) is 6.07 Å². The van der Waals surface area contributed by atoms with E-state index in [-0.39, 0.29) is 31.3 Å². The van der Waals surface area contributed by atoms with Crippen LogP contribution in [0.1, 0.15) is 43.8 Å². The summed E-state index contributed by atoms with van der Waals surface area (Å²) < 4.78 is 37.9. The van der Waals surface area contributed by atoms with Gasteiger partial charge in [0.2, 0.25) is 0 Å². The van der Waals surface area contributed by atoms with E-state index >= 15 is 0 Å². The van der Waals surface area contributed by atoms with Crippen molar-refractivity contribution in [3.05, 3.63) is 29.1 Å². The van der Waals surface area contributed by atoms with Crippen molar-refractivity contribution in [2.45, 2.75) is 45.5 Å². The molecule has 1 atom stereocenters. The molecule has 0 unspecified atom stereocenters. The van der Waals surface area contributed by atoms with Crippen molar-refractivity contribution in [2.75, 3.05) is 6.54 Å². The van der Waals surface area contributed by atoms with Crippen molar-refractivity contribution in [3.8, 4) is 0 Å². The van der Waals surface area contributed by atoms with Gasteiger partial charge in [0.05, 0.1) is 5.69 Å². The minimum Gasteiger partial charge on any atom is -0.385 e. The smallest absolute Gasteiger partial charge is 0.385 e. The quantitative estimate of drug-likeness (QED) is 0.902. The largest absolute Gasteiger partial charge is 0.433 e. The number of aliphatic hydroxyl groups is 1. The molecule has 0 aromatic carbocycles. The standard InChI is InChI=1S/C13H19F3N2O.H2S/c1-8-5-9(10(19)7-17-12(2,3)4)18-11(6-8)13(14,15)16;/h5-6,10,17,19H,7H2,1-4H3;1H2/t10-;/m0./s1. The highest BCUT2D eigenvalue weighted by Gasteiger charge is 2.33. The molecule has 0 bridgehead atoms. The highest BCUT2D eigenvalue weighted by molar-refractivity contribution is 7.59. The first kappa shape index (κ1) is 19.2. The molecular weight excluding hydrogens is 289 g/mol. The van der Waals surface area contributed by atoms with Crippen molar-refractivity contribution in [1.82, 2.24) is 10.3 Å².